The van der Waals surface area contributed by atoms with Crippen molar-refractivity contribution in [3.63, 3.8) is 0 Å². The summed E-state index contributed by atoms with van der Waals surface area (Å²) in [6.07, 6.45) is 9.77. The van der Waals surface area contributed by atoms with Gasteiger partial charge >= 0.3 is 0 Å². The maximum Gasteiger partial charge on any atom is 0.226 e. The quantitative estimate of drug-likeness (QED) is 0.492. The molecule has 0 aliphatic carbocycles. The SMILES string of the molecule is CC(=O)N1CCCC1c1cccc(CCC(=O)NCCN2CCC3(CCCCCc4ccccc4OCCNC3=O)CC2)n1. The van der Waals surface area contributed by atoms with Crippen molar-refractivity contribution in [3.05, 3.63) is 59.4 Å². The topological polar surface area (TPSA) is 104 Å². The number of benzene rings is 1. The van der Waals surface area contributed by atoms with Crippen LogP contribution in [0.25, 0.3) is 0 Å². The van der Waals surface area contributed by atoms with Gasteiger partial charge in [0.25, 0.3) is 0 Å². The number of likely N-dealkylation sites (tertiary alicyclic amines) is 2. The molecule has 2 N–H and O–H groups in total. The Morgan fingerprint density at radius 1 is 1.02 bits per heavy atom. The summed E-state index contributed by atoms with van der Waals surface area (Å²) < 4.78 is 6.01. The van der Waals surface area contributed by atoms with E-state index in [0.29, 0.717) is 32.5 Å². The highest BCUT2D eigenvalue weighted by Gasteiger charge is 2.40. The second-order valence-corrected chi connectivity index (χ2v) is 12.7. The molecule has 3 amide bonds. The molecule has 1 spiro atoms. The molecule has 2 aromatic rings. The van der Waals surface area contributed by atoms with Crippen LogP contribution in [0.3, 0.4) is 0 Å². The van der Waals surface area contributed by atoms with Crippen molar-refractivity contribution < 1.29 is 19.1 Å². The molecule has 2 saturated heterocycles. The first-order valence-electron chi connectivity index (χ1n) is 16.6. The van der Waals surface area contributed by atoms with E-state index in [1.807, 2.05) is 35.2 Å². The first-order valence-corrected chi connectivity index (χ1v) is 16.6. The first-order chi connectivity index (χ1) is 21.4. The Morgan fingerprint density at radius 2 is 1.86 bits per heavy atom. The van der Waals surface area contributed by atoms with E-state index in [4.69, 9.17) is 9.72 Å². The van der Waals surface area contributed by atoms with Crippen LogP contribution in [-0.4, -0.2) is 78.4 Å². The molecular weight excluding hydrogens is 554 g/mol. The van der Waals surface area contributed by atoms with E-state index in [-0.39, 0.29) is 29.2 Å². The second-order valence-electron chi connectivity index (χ2n) is 12.7. The van der Waals surface area contributed by atoms with Gasteiger partial charge in [-0.1, -0.05) is 37.1 Å². The molecule has 1 aromatic heterocycles. The number of rotatable bonds is 7. The van der Waals surface area contributed by atoms with Crippen molar-refractivity contribution in [3.8, 4) is 5.75 Å². The molecule has 4 heterocycles. The average molecular weight is 604 g/mol. The molecule has 5 rings (SSSR count). The first kappa shape index (κ1) is 31.9. The fourth-order valence-electron chi connectivity index (χ4n) is 7.07. The third kappa shape index (κ3) is 8.37. The fourth-order valence-corrected chi connectivity index (χ4v) is 7.07. The number of nitrogens with one attached hydrogen (secondary N) is 2. The lowest BCUT2D eigenvalue weighted by Gasteiger charge is -2.41. The van der Waals surface area contributed by atoms with Gasteiger partial charge in [0.2, 0.25) is 17.7 Å². The number of ether oxygens (including phenoxy) is 1. The lowest BCUT2D eigenvalue weighted by molar-refractivity contribution is -0.134. The van der Waals surface area contributed by atoms with Gasteiger partial charge in [-0.15, -0.1) is 0 Å². The van der Waals surface area contributed by atoms with E-state index in [9.17, 15) is 14.4 Å². The highest BCUT2D eigenvalue weighted by Crippen LogP contribution is 2.37. The number of hydrogen-bond donors (Lipinski definition) is 2. The summed E-state index contributed by atoms with van der Waals surface area (Å²) in [5, 5.41) is 6.25. The van der Waals surface area contributed by atoms with Crippen LogP contribution in [0, 0.1) is 5.41 Å². The summed E-state index contributed by atoms with van der Waals surface area (Å²) in [5.41, 5.74) is 2.74. The standard InChI is InChI=1S/C35H49N5O4/c1-27(41)40-22-8-13-31(40)30-12-7-11-29(38-30)15-16-33(42)36-20-25-39-23-18-35(19-24-39)17-6-2-3-9-28-10-4-5-14-32(28)44-26-21-37-34(35)43/h4-5,7,10-12,14,31H,2-3,6,8-9,13,15-26H2,1H3,(H,36,42)(H,37,43). The van der Waals surface area contributed by atoms with E-state index in [2.05, 4.69) is 27.7 Å². The minimum atomic E-state index is -0.317. The van der Waals surface area contributed by atoms with Gasteiger partial charge in [0.05, 0.1) is 23.7 Å². The molecule has 0 saturated carbocycles. The molecule has 238 valence electrons. The Labute approximate surface area is 262 Å². The minimum absolute atomic E-state index is 0.0240. The number of aryl methyl sites for hydroxylation is 2. The van der Waals surface area contributed by atoms with Gasteiger partial charge in [-0.05, 0) is 88.2 Å². The van der Waals surface area contributed by atoms with Crippen molar-refractivity contribution >= 4 is 17.7 Å². The van der Waals surface area contributed by atoms with E-state index in [1.165, 1.54) is 5.56 Å². The van der Waals surface area contributed by atoms with Crippen LogP contribution in [-0.2, 0) is 27.2 Å². The minimum Gasteiger partial charge on any atom is -0.491 e. The van der Waals surface area contributed by atoms with E-state index >= 15 is 0 Å². The Balaban J connectivity index is 1.03. The lowest BCUT2D eigenvalue weighted by Crippen LogP contribution is -2.50. The number of carbonyl (C=O) groups excluding carboxylic acids is 3. The number of carbonyl (C=O) groups is 3. The van der Waals surface area contributed by atoms with Gasteiger partial charge in [0.1, 0.15) is 12.4 Å². The summed E-state index contributed by atoms with van der Waals surface area (Å²) in [4.78, 5) is 47.1. The monoisotopic (exact) mass is 603 g/mol. The van der Waals surface area contributed by atoms with E-state index in [0.717, 1.165) is 101 Å². The predicted octanol–water partition coefficient (Wildman–Crippen LogP) is 4.21. The number of aromatic nitrogens is 1. The van der Waals surface area contributed by atoms with Crippen LogP contribution in [0.5, 0.6) is 5.75 Å². The molecule has 3 aliphatic rings. The molecular formula is C35H49N5O4. The summed E-state index contributed by atoms with van der Waals surface area (Å²) in [6.45, 7) is 6.49. The van der Waals surface area contributed by atoms with Crippen LogP contribution in [0.2, 0.25) is 0 Å². The highest BCUT2D eigenvalue weighted by atomic mass is 16.5. The molecule has 0 radical (unpaired) electrons. The van der Waals surface area contributed by atoms with Crippen molar-refractivity contribution in [1.82, 2.24) is 25.4 Å². The van der Waals surface area contributed by atoms with Crippen LogP contribution in [0.4, 0.5) is 0 Å². The molecule has 0 bridgehead atoms. The lowest BCUT2D eigenvalue weighted by atomic mass is 9.73. The number of amides is 3. The third-order valence-electron chi connectivity index (χ3n) is 9.70. The average Bonchev–Trinajstić information content (AvgIpc) is 3.54. The number of pyridine rings is 1. The zero-order valence-corrected chi connectivity index (χ0v) is 26.3. The Morgan fingerprint density at radius 3 is 2.70 bits per heavy atom. The Bertz CT molecular complexity index is 1280. The van der Waals surface area contributed by atoms with Crippen LogP contribution in [0.1, 0.15) is 87.7 Å². The summed E-state index contributed by atoms with van der Waals surface area (Å²) in [5.74, 6) is 1.21. The van der Waals surface area contributed by atoms with Gasteiger partial charge in [0.15, 0.2) is 0 Å². The van der Waals surface area contributed by atoms with Crippen molar-refractivity contribution in [2.75, 3.05) is 45.9 Å². The molecule has 1 aromatic carbocycles. The van der Waals surface area contributed by atoms with Gasteiger partial charge in [0, 0.05) is 38.7 Å². The number of nitrogens with zero attached hydrogens (tertiary/aromatic N) is 3. The number of fused-ring (bicyclic) bond motifs is 1. The van der Waals surface area contributed by atoms with Crippen LogP contribution < -0.4 is 15.4 Å². The predicted molar refractivity (Wildman–Crippen MR) is 170 cm³/mol. The van der Waals surface area contributed by atoms with Crippen molar-refractivity contribution in [2.24, 2.45) is 5.41 Å². The number of piperidine rings is 1. The van der Waals surface area contributed by atoms with Gasteiger partial charge in [-0.2, -0.15) is 0 Å². The molecule has 9 heteroatoms. The van der Waals surface area contributed by atoms with Crippen LogP contribution >= 0.6 is 0 Å². The molecule has 3 aliphatic heterocycles. The zero-order chi connectivity index (χ0) is 30.8. The zero-order valence-electron chi connectivity index (χ0n) is 26.3. The summed E-state index contributed by atoms with van der Waals surface area (Å²) >= 11 is 0. The highest BCUT2D eigenvalue weighted by molar-refractivity contribution is 5.82. The molecule has 2 fully saturated rings. The number of para-hydroxylation sites is 1. The summed E-state index contributed by atoms with van der Waals surface area (Å²) in [6, 6.07) is 14.2. The van der Waals surface area contributed by atoms with Crippen molar-refractivity contribution in [1.29, 1.82) is 0 Å². The molecule has 9 nitrogen and oxygen atoms in total. The molecule has 1 unspecified atom stereocenters. The Kier molecular flexibility index (Phi) is 11.3. The largest absolute Gasteiger partial charge is 0.491 e. The third-order valence-corrected chi connectivity index (χ3v) is 9.70. The smallest absolute Gasteiger partial charge is 0.226 e. The fraction of sp³-hybridized carbons (Fsp3) is 0.600. The maximum atomic E-state index is 13.4. The molecule has 44 heavy (non-hydrogen) atoms. The normalized spacial score (nSPS) is 21.2. The van der Waals surface area contributed by atoms with Crippen molar-refractivity contribution in [2.45, 2.75) is 83.6 Å². The van der Waals surface area contributed by atoms with Crippen LogP contribution in [0.15, 0.2) is 42.5 Å². The van der Waals surface area contributed by atoms with E-state index < -0.39 is 0 Å². The summed E-state index contributed by atoms with van der Waals surface area (Å²) in [7, 11) is 0. The van der Waals surface area contributed by atoms with Gasteiger partial charge in [-0.25, -0.2) is 0 Å². The van der Waals surface area contributed by atoms with E-state index in [1.54, 1.807) is 6.92 Å². The maximum absolute atomic E-state index is 13.4. The second kappa shape index (κ2) is 15.5. The Hall–Kier alpha value is -3.46. The van der Waals surface area contributed by atoms with Gasteiger partial charge in [-0.3, -0.25) is 19.4 Å². The molecule has 1 atom stereocenters. The van der Waals surface area contributed by atoms with Gasteiger partial charge < -0.3 is 25.2 Å². The number of hydrogen-bond acceptors (Lipinski definition) is 6.